The zero-order valence-electron chi connectivity index (χ0n) is 13.6. The van der Waals surface area contributed by atoms with Crippen molar-refractivity contribution in [2.24, 2.45) is 0 Å². The van der Waals surface area contributed by atoms with Gasteiger partial charge in [0.25, 0.3) is 5.91 Å². The van der Waals surface area contributed by atoms with Gasteiger partial charge in [-0.05, 0) is 57.2 Å². The summed E-state index contributed by atoms with van der Waals surface area (Å²) in [6, 6.07) is 5.40. The number of halogens is 1. The van der Waals surface area contributed by atoms with Gasteiger partial charge in [0.05, 0.1) is 22.8 Å². The molecule has 23 heavy (non-hydrogen) atoms. The molecule has 0 radical (unpaired) electrons. The van der Waals surface area contributed by atoms with Crippen molar-refractivity contribution in [3.05, 3.63) is 28.8 Å². The van der Waals surface area contributed by atoms with Gasteiger partial charge in [-0.1, -0.05) is 11.6 Å². The number of carbonyl (C=O) groups excluding carboxylic acids is 1. The van der Waals surface area contributed by atoms with Gasteiger partial charge in [-0.15, -0.1) is 0 Å². The number of ether oxygens (including phenoxy) is 2. The Labute approximate surface area is 142 Å². The molecule has 0 bridgehead atoms. The van der Waals surface area contributed by atoms with E-state index in [-0.39, 0.29) is 12.0 Å². The summed E-state index contributed by atoms with van der Waals surface area (Å²) < 4.78 is 11.5. The average Bonchev–Trinajstić information content (AvgIpc) is 2.51. The maximum absolute atomic E-state index is 12.6. The number of rotatable bonds is 5. The maximum atomic E-state index is 12.6. The first-order valence-corrected chi connectivity index (χ1v) is 8.92. The molecule has 0 N–H and O–H groups in total. The first-order chi connectivity index (χ1) is 11.2. The monoisotopic (exact) mass is 337 g/mol. The van der Waals surface area contributed by atoms with Crippen LogP contribution in [0.1, 0.15) is 49.4 Å². The van der Waals surface area contributed by atoms with E-state index < -0.39 is 0 Å². The molecule has 0 unspecified atom stereocenters. The van der Waals surface area contributed by atoms with E-state index in [2.05, 4.69) is 0 Å². The highest BCUT2D eigenvalue weighted by atomic mass is 35.5. The Morgan fingerprint density at radius 3 is 2.52 bits per heavy atom. The Kier molecular flexibility index (Phi) is 5.44. The molecular weight excluding hydrogens is 314 g/mol. The number of hydrogen-bond acceptors (Lipinski definition) is 3. The first kappa shape index (κ1) is 16.6. The van der Waals surface area contributed by atoms with E-state index >= 15 is 0 Å². The zero-order valence-corrected chi connectivity index (χ0v) is 14.3. The molecule has 0 spiro atoms. The van der Waals surface area contributed by atoms with Crippen molar-refractivity contribution in [2.75, 3.05) is 19.7 Å². The SMILES string of the molecule is CCOC1CCN(C(=O)c2ccc(OC3CCC3)cc2Cl)CC1. The molecule has 126 valence electrons. The molecule has 3 rings (SSSR count). The highest BCUT2D eigenvalue weighted by Gasteiger charge is 2.25. The largest absolute Gasteiger partial charge is 0.490 e. The number of hydrogen-bond donors (Lipinski definition) is 0. The van der Waals surface area contributed by atoms with Crippen LogP contribution in [0.3, 0.4) is 0 Å². The van der Waals surface area contributed by atoms with Crippen LogP contribution in [0.4, 0.5) is 0 Å². The third-order valence-corrected chi connectivity index (χ3v) is 4.97. The van der Waals surface area contributed by atoms with Crippen LogP contribution in [0.15, 0.2) is 18.2 Å². The number of likely N-dealkylation sites (tertiary alicyclic amines) is 1. The lowest BCUT2D eigenvalue weighted by atomic mass is 9.96. The number of carbonyl (C=O) groups is 1. The van der Waals surface area contributed by atoms with E-state index in [1.165, 1.54) is 6.42 Å². The molecule has 1 saturated heterocycles. The minimum atomic E-state index is 0.000132. The summed E-state index contributed by atoms with van der Waals surface area (Å²) in [6.07, 6.45) is 5.80. The fourth-order valence-corrected chi connectivity index (χ4v) is 3.31. The molecule has 4 nitrogen and oxygen atoms in total. The number of benzene rings is 1. The van der Waals surface area contributed by atoms with Gasteiger partial charge >= 0.3 is 0 Å². The third kappa shape index (κ3) is 3.99. The quantitative estimate of drug-likeness (QED) is 0.817. The summed E-state index contributed by atoms with van der Waals surface area (Å²) in [6.45, 7) is 4.18. The number of piperidine rings is 1. The molecule has 0 aromatic heterocycles. The lowest BCUT2D eigenvalue weighted by Crippen LogP contribution is -2.41. The fourth-order valence-electron chi connectivity index (χ4n) is 3.06. The van der Waals surface area contributed by atoms with Gasteiger partial charge in [0, 0.05) is 19.7 Å². The minimum Gasteiger partial charge on any atom is -0.490 e. The molecule has 1 aromatic rings. The highest BCUT2D eigenvalue weighted by molar-refractivity contribution is 6.34. The smallest absolute Gasteiger partial charge is 0.255 e. The van der Waals surface area contributed by atoms with E-state index in [4.69, 9.17) is 21.1 Å². The molecular formula is C18H24ClNO3. The normalized spacial score (nSPS) is 19.5. The van der Waals surface area contributed by atoms with Gasteiger partial charge in [-0.2, -0.15) is 0 Å². The van der Waals surface area contributed by atoms with Gasteiger partial charge in [-0.3, -0.25) is 4.79 Å². The summed E-state index contributed by atoms with van der Waals surface area (Å²) in [4.78, 5) is 14.5. The van der Waals surface area contributed by atoms with Crippen molar-refractivity contribution in [1.29, 1.82) is 0 Å². The molecule has 2 aliphatic rings. The molecule has 5 heteroatoms. The zero-order chi connectivity index (χ0) is 16.2. The van der Waals surface area contributed by atoms with Gasteiger partial charge in [0.15, 0.2) is 0 Å². The van der Waals surface area contributed by atoms with Crippen molar-refractivity contribution >= 4 is 17.5 Å². The van der Waals surface area contributed by atoms with Crippen LogP contribution in [0.2, 0.25) is 5.02 Å². The van der Waals surface area contributed by atoms with Crippen LogP contribution in [0, 0.1) is 0 Å². The van der Waals surface area contributed by atoms with E-state index in [1.807, 2.05) is 17.9 Å². The Bertz CT molecular complexity index is 551. The summed E-state index contributed by atoms with van der Waals surface area (Å²) in [5.41, 5.74) is 0.558. The van der Waals surface area contributed by atoms with Crippen molar-refractivity contribution in [1.82, 2.24) is 4.90 Å². The summed E-state index contributed by atoms with van der Waals surface area (Å²) in [7, 11) is 0. The predicted octanol–water partition coefficient (Wildman–Crippen LogP) is 3.91. The van der Waals surface area contributed by atoms with Crippen LogP contribution >= 0.6 is 11.6 Å². The van der Waals surface area contributed by atoms with Gasteiger partial charge in [-0.25, -0.2) is 0 Å². The van der Waals surface area contributed by atoms with E-state index in [1.54, 1.807) is 12.1 Å². The lowest BCUT2D eigenvalue weighted by Gasteiger charge is -2.32. The Balaban J connectivity index is 1.60. The Hall–Kier alpha value is -1.26. The van der Waals surface area contributed by atoms with Crippen molar-refractivity contribution in [2.45, 2.75) is 51.2 Å². The fraction of sp³-hybridized carbons (Fsp3) is 0.611. The highest BCUT2D eigenvalue weighted by Crippen LogP contribution is 2.29. The molecule has 1 heterocycles. The minimum absolute atomic E-state index is 0.000132. The second-order valence-corrected chi connectivity index (χ2v) is 6.67. The number of nitrogens with zero attached hydrogens (tertiary/aromatic N) is 1. The van der Waals surface area contributed by atoms with Gasteiger partial charge in [0.1, 0.15) is 5.75 Å². The first-order valence-electron chi connectivity index (χ1n) is 8.54. The molecule has 0 atom stereocenters. The Morgan fingerprint density at radius 1 is 1.22 bits per heavy atom. The molecule has 1 saturated carbocycles. The van der Waals surface area contributed by atoms with E-state index in [0.717, 1.165) is 51.1 Å². The second kappa shape index (κ2) is 7.54. The molecule has 1 aromatic carbocycles. The second-order valence-electron chi connectivity index (χ2n) is 6.26. The maximum Gasteiger partial charge on any atom is 0.255 e. The summed E-state index contributed by atoms with van der Waals surface area (Å²) >= 11 is 6.31. The van der Waals surface area contributed by atoms with Crippen molar-refractivity contribution in [3.8, 4) is 5.75 Å². The summed E-state index contributed by atoms with van der Waals surface area (Å²) in [5, 5.41) is 0.471. The van der Waals surface area contributed by atoms with Crippen LogP contribution in [0.5, 0.6) is 5.75 Å². The topological polar surface area (TPSA) is 38.8 Å². The predicted molar refractivity (Wildman–Crippen MR) is 90.3 cm³/mol. The lowest BCUT2D eigenvalue weighted by molar-refractivity contribution is 0.0146. The standard InChI is InChI=1S/C18H24ClNO3/c1-2-22-13-8-10-20(11-9-13)18(21)16-7-6-15(12-17(16)19)23-14-4-3-5-14/h6-7,12-14H,2-5,8-11H2,1H3. The molecule has 2 fully saturated rings. The molecule has 1 aliphatic carbocycles. The van der Waals surface area contributed by atoms with Crippen LogP contribution in [-0.2, 0) is 4.74 Å². The van der Waals surface area contributed by atoms with Crippen LogP contribution < -0.4 is 4.74 Å². The molecule has 1 aliphatic heterocycles. The van der Waals surface area contributed by atoms with E-state index in [0.29, 0.717) is 16.7 Å². The van der Waals surface area contributed by atoms with E-state index in [9.17, 15) is 4.79 Å². The third-order valence-electron chi connectivity index (χ3n) is 4.66. The van der Waals surface area contributed by atoms with Crippen molar-refractivity contribution in [3.63, 3.8) is 0 Å². The molecule has 1 amide bonds. The van der Waals surface area contributed by atoms with Gasteiger partial charge < -0.3 is 14.4 Å². The number of amides is 1. The van der Waals surface area contributed by atoms with Crippen LogP contribution in [0.25, 0.3) is 0 Å². The van der Waals surface area contributed by atoms with Gasteiger partial charge in [0.2, 0.25) is 0 Å². The van der Waals surface area contributed by atoms with Crippen molar-refractivity contribution < 1.29 is 14.3 Å². The average molecular weight is 338 g/mol. The summed E-state index contributed by atoms with van der Waals surface area (Å²) in [5.74, 6) is 0.756. The van der Waals surface area contributed by atoms with Crippen LogP contribution in [-0.4, -0.2) is 42.7 Å². The Morgan fingerprint density at radius 2 is 1.96 bits per heavy atom.